The molecule has 2 N–H and O–H groups in total. The fourth-order valence-electron chi connectivity index (χ4n) is 1.73. The van der Waals surface area contributed by atoms with Gasteiger partial charge in [0, 0.05) is 17.0 Å². The maximum Gasteiger partial charge on any atom is 0.417 e. The lowest BCUT2D eigenvalue weighted by atomic mass is 10.0. The van der Waals surface area contributed by atoms with E-state index in [4.69, 9.17) is 5.73 Å². The molecule has 2 rings (SSSR count). The number of alkyl halides is 3. The van der Waals surface area contributed by atoms with Gasteiger partial charge in [0.1, 0.15) is 5.82 Å². The number of nitrogens with two attached hydrogens (primary N) is 1. The molecule has 0 aliphatic heterocycles. The minimum Gasteiger partial charge on any atom is -0.383 e. The Morgan fingerprint density at radius 1 is 1.25 bits per heavy atom. The first-order chi connectivity index (χ1) is 7.41. The zero-order valence-corrected chi connectivity index (χ0v) is 8.47. The molecule has 0 saturated carbocycles. The molecule has 0 fully saturated rings. The molecule has 16 heavy (non-hydrogen) atoms. The quantitative estimate of drug-likeness (QED) is 0.749. The van der Waals surface area contributed by atoms with Crippen LogP contribution in [0.2, 0.25) is 0 Å². The van der Waals surface area contributed by atoms with Gasteiger partial charge in [0.15, 0.2) is 0 Å². The van der Waals surface area contributed by atoms with Gasteiger partial charge in [-0.2, -0.15) is 13.2 Å². The molecule has 0 bridgehead atoms. The van der Waals surface area contributed by atoms with Crippen molar-refractivity contribution in [3.63, 3.8) is 0 Å². The number of aryl methyl sites for hydroxylation is 1. The van der Waals surface area contributed by atoms with E-state index in [1.54, 1.807) is 13.0 Å². The van der Waals surface area contributed by atoms with E-state index in [-0.39, 0.29) is 11.2 Å². The smallest absolute Gasteiger partial charge is 0.383 e. The Labute approximate surface area is 89.9 Å². The number of pyridine rings is 1. The molecule has 84 valence electrons. The number of aromatic nitrogens is 1. The summed E-state index contributed by atoms with van der Waals surface area (Å²) in [4.78, 5) is 3.84. The summed E-state index contributed by atoms with van der Waals surface area (Å²) >= 11 is 0. The van der Waals surface area contributed by atoms with Crippen LogP contribution in [0.5, 0.6) is 0 Å². The molecule has 0 amide bonds. The third kappa shape index (κ3) is 1.58. The molecule has 1 heterocycles. The van der Waals surface area contributed by atoms with Gasteiger partial charge in [0.25, 0.3) is 0 Å². The first-order valence-corrected chi connectivity index (χ1v) is 4.62. The van der Waals surface area contributed by atoms with Crippen LogP contribution >= 0.6 is 0 Å². The molecule has 2 aromatic rings. The minimum absolute atomic E-state index is 0.117. The molecule has 1 aromatic carbocycles. The summed E-state index contributed by atoms with van der Waals surface area (Å²) in [5.41, 5.74) is 5.36. The van der Waals surface area contributed by atoms with Crippen LogP contribution in [0, 0.1) is 6.92 Å². The van der Waals surface area contributed by atoms with Crippen LogP contribution in [0.1, 0.15) is 11.1 Å². The van der Waals surface area contributed by atoms with Crippen molar-refractivity contribution >= 4 is 16.6 Å². The van der Waals surface area contributed by atoms with Crippen molar-refractivity contribution in [1.29, 1.82) is 0 Å². The van der Waals surface area contributed by atoms with Crippen molar-refractivity contribution in [2.24, 2.45) is 0 Å². The Bertz CT molecular complexity index is 547. The minimum atomic E-state index is -4.38. The standard InChI is InChI=1S/C11H9F3N2/c1-6-5-16-10(15)7-3-2-4-8(9(6)7)11(12,13)14/h2-5H,1H3,(H2,15,16). The summed E-state index contributed by atoms with van der Waals surface area (Å²) in [6.45, 7) is 1.59. The Morgan fingerprint density at radius 3 is 2.56 bits per heavy atom. The highest BCUT2D eigenvalue weighted by atomic mass is 19.4. The van der Waals surface area contributed by atoms with Crippen molar-refractivity contribution in [3.8, 4) is 0 Å². The molecule has 0 spiro atoms. The van der Waals surface area contributed by atoms with Gasteiger partial charge in [-0.25, -0.2) is 4.98 Å². The van der Waals surface area contributed by atoms with E-state index in [1.807, 2.05) is 0 Å². The van der Waals surface area contributed by atoms with Gasteiger partial charge >= 0.3 is 6.18 Å². The predicted molar refractivity (Wildman–Crippen MR) is 55.9 cm³/mol. The maximum atomic E-state index is 12.8. The largest absolute Gasteiger partial charge is 0.417 e. The topological polar surface area (TPSA) is 38.9 Å². The van der Waals surface area contributed by atoms with Gasteiger partial charge in [-0.05, 0) is 18.6 Å². The number of halogens is 3. The summed E-state index contributed by atoms with van der Waals surface area (Å²) in [5.74, 6) is 0.117. The van der Waals surface area contributed by atoms with Gasteiger partial charge in [-0.3, -0.25) is 0 Å². The summed E-state index contributed by atoms with van der Waals surface area (Å²) in [6.07, 6.45) is -3.02. The van der Waals surface area contributed by atoms with Crippen LogP contribution in [0.25, 0.3) is 10.8 Å². The highest BCUT2D eigenvalue weighted by molar-refractivity contribution is 5.95. The fraction of sp³-hybridized carbons (Fsp3) is 0.182. The fourth-order valence-corrected chi connectivity index (χ4v) is 1.73. The van der Waals surface area contributed by atoms with E-state index in [9.17, 15) is 13.2 Å². The third-order valence-corrected chi connectivity index (χ3v) is 2.44. The van der Waals surface area contributed by atoms with Crippen molar-refractivity contribution < 1.29 is 13.2 Å². The highest BCUT2D eigenvalue weighted by Crippen LogP contribution is 2.37. The number of anilines is 1. The van der Waals surface area contributed by atoms with E-state index in [2.05, 4.69) is 4.98 Å². The average molecular weight is 226 g/mol. The average Bonchev–Trinajstić information content (AvgIpc) is 2.22. The van der Waals surface area contributed by atoms with Crippen molar-refractivity contribution in [2.75, 3.05) is 5.73 Å². The number of rotatable bonds is 0. The van der Waals surface area contributed by atoms with E-state index in [0.29, 0.717) is 10.9 Å². The van der Waals surface area contributed by atoms with Crippen LogP contribution in [-0.4, -0.2) is 4.98 Å². The number of hydrogen-bond donors (Lipinski definition) is 1. The molecule has 0 aliphatic carbocycles. The number of benzene rings is 1. The first-order valence-electron chi connectivity index (χ1n) is 4.62. The third-order valence-electron chi connectivity index (χ3n) is 2.44. The van der Waals surface area contributed by atoms with Crippen LogP contribution in [-0.2, 0) is 6.18 Å². The number of hydrogen-bond acceptors (Lipinski definition) is 2. The summed E-state index contributed by atoms with van der Waals surface area (Å²) in [6, 6.07) is 3.93. The van der Waals surface area contributed by atoms with Gasteiger partial charge in [0.05, 0.1) is 5.56 Å². The zero-order valence-electron chi connectivity index (χ0n) is 8.47. The Hall–Kier alpha value is -1.78. The van der Waals surface area contributed by atoms with Gasteiger partial charge in [0.2, 0.25) is 0 Å². The number of fused-ring (bicyclic) bond motifs is 1. The molecule has 0 atom stereocenters. The summed E-state index contributed by atoms with van der Waals surface area (Å²) in [5, 5.41) is 0.470. The molecule has 1 aromatic heterocycles. The molecule has 0 saturated heterocycles. The zero-order chi connectivity index (χ0) is 11.9. The van der Waals surface area contributed by atoms with Crippen LogP contribution < -0.4 is 5.73 Å². The lowest BCUT2D eigenvalue weighted by Gasteiger charge is -2.12. The Balaban J connectivity index is 2.92. The second kappa shape index (κ2) is 3.37. The van der Waals surface area contributed by atoms with E-state index < -0.39 is 11.7 Å². The SMILES string of the molecule is Cc1cnc(N)c2cccc(C(F)(F)F)c12. The number of nitrogen functional groups attached to an aromatic ring is 1. The molecule has 5 heteroatoms. The first kappa shape index (κ1) is 10.7. The van der Waals surface area contributed by atoms with Gasteiger partial charge < -0.3 is 5.73 Å². The van der Waals surface area contributed by atoms with E-state index >= 15 is 0 Å². The van der Waals surface area contributed by atoms with Crippen LogP contribution in [0.3, 0.4) is 0 Å². The highest BCUT2D eigenvalue weighted by Gasteiger charge is 2.33. The Morgan fingerprint density at radius 2 is 1.94 bits per heavy atom. The predicted octanol–water partition coefficient (Wildman–Crippen LogP) is 3.14. The second-order valence-electron chi connectivity index (χ2n) is 3.55. The van der Waals surface area contributed by atoms with Gasteiger partial charge in [-0.15, -0.1) is 0 Å². The van der Waals surface area contributed by atoms with Crippen LogP contribution in [0.15, 0.2) is 24.4 Å². The molecule has 0 unspecified atom stereocenters. The molecule has 0 radical (unpaired) electrons. The maximum absolute atomic E-state index is 12.8. The summed E-state index contributed by atoms with van der Waals surface area (Å²) in [7, 11) is 0. The van der Waals surface area contributed by atoms with E-state index in [1.165, 1.54) is 12.3 Å². The van der Waals surface area contributed by atoms with Crippen LogP contribution in [0.4, 0.5) is 19.0 Å². The second-order valence-corrected chi connectivity index (χ2v) is 3.55. The number of nitrogens with zero attached hydrogens (tertiary/aromatic N) is 1. The lowest BCUT2D eigenvalue weighted by molar-refractivity contribution is -0.136. The molecular formula is C11H9F3N2. The summed E-state index contributed by atoms with van der Waals surface area (Å²) < 4.78 is 38.3. The normalized spacial score (nSPS) is 12.0. The molecule has 0 aliphatic rings. The monoisotopic (exact) mass is 226 g/mol. The molecule has 2 nitrogen and oxygen atoms in total. The Kier molecular flexibility index (Phi) is 2.26. The van der Waals surface area contributed by atoms with Crippen molar-refractivity contribution in [1.82, 2.24) is 4.98 Å². The van der Waals surface area contributed by atoms with Gasteiger partial charge in [-0.1, -0.05) is 12.1 Å². The van der Waals surface area contributed by atoms with Crippen molar-refractivity contribution in [3.05, 3.63) is 35.5 Å². The lowest BCUT2D eigenvalue weighted by Crippen LogP contribution is -2.07. The molecular weight excluding hydrogens is 217 g/mol. The van der Waals surface area contributed by atoms with E-state index in [0.717, 1.165) is 6.07 Å². The van der Waals surface area contributed by atoms with Crippen molar-refractivity contribution in [2.45, 2.75) is 13.1 Å².